The fourth-order valence-electron chi connectivity index (χ4n) is 2.47. The fraction of sp³-hybridized carbons (Fsp3) is 0.333. The quantitative estimate of drug-likeness (QED) is 0.865. The molecule has 1 heterocycles. The van der Waals surface area contributed by atoms with Gasteiger partial charge in [-0.3, -0.25) is 4.79 Å². The highest BCUT2D eigenvalue weighted by Gasteiger charge is 2.16. The van der Waals surface area contributed by atoms with Gasteiger partial charge in [0.1, 0.15) is 17.8 Å². The molecule has 1 aromatic heterocycles. The molecular weight excluding hydrogens is 282 g/mol. The van der Waals surface area contributed by atoms with Gasteiger partial charge in [0.05, 0.1) is 7.11 Å². The van der Waals surface area contributed by atoms with Crippen LogP contribution in [0.25, 0.3) is 5.69 Å². The molecule has 0 radical (unpaired) electrons. The van der Waals surface area contributed by atoms with Crippen molar-refractivity contribution in [2.75, 3.05) is 7.11 Å². The van der Waals surface area contributed by atoms with Gasteiger partial charge >= 0.3 is 0 Å². The first kappa shape index (κ1) is 14.2. The number of ether oxygens (including phenoxy) is 1. The van der Waals surface area contributed by atoms with Crippen LogP contribution in [0.1, 0.15) is 29.6 Å². The maximum absolute atomic E-state index is 12.4. The molecule has 7 nitrogen and oxygen atoms in total. The van der Waals surface area contributed by atoms with E-state index in [4.69, 9.17) is 4.74 Å². The summed E-state index contributed by atoms with van der Waals surface area (Å²) in [6.07, 6.45) is 8.77. The average molecular weight is 299 g/mol. The Morgan fingerprint density at radius 2 is 2.36 bits per heavy atom. The summed E-state index contributed by atoms with van der Waals surface area (Å²) in [6.45, 7) is 0. The van der Waals surface area contributed by atoms with Gasteiger partial charge in [-0.2, -0.15) is 4.68 Å². The SMILES string of the molecule is COc1ccc(C(=O)N[C@@H]2C=CCCC2)cc1-n1cnnn1. The van der Waals surface area contributed by atoms with E-state index in [9.17, 15) is 4.79 Å². The van der Waals surface area contributed by atoms with Crippen molar-refractivity contribution in [3.63, 3.8) is 0 Å². The molecule has 1 aromatic carbocycles. The van der Waals surface area contributed by atoms with Crippen LogP contribution in [-0.4, -0.2) is 39.3 Å². The summed E-state index contributed by atoms with van der Waals surface area (Å²) < 4.78 is 6.76. The van der Waals surface area contributed by atoms with E-state index in [1.807, 2.05) is 6.08 Å². The Morgan fingerprint density at radius 1 is 1.45 bits per heavy atom. The Morgan fingerprint density at radius 3 is 3.05 bits per heavy atom. The summed E-state index contributed by atoms with van der Waals surface area (Å²) >= 11 is 0. The number of allylic oxidation sites excluding steroid dienone is 1. The van der Waals surface area contributed by atoms with Crippen LogP contribution in [-0.2, 0) is 0 Å². The number of amides is 1. The molecule has 0 aliphatic heterocycles. The summed E-state index contributed by atoms with van der Waals surface area (Å²) in [5.41, 5.74) is 1.17. The minimum Gasteiger partial charge on any atom is -0.494 e. The fourth-order valence-corrected chi connectivity index (χ4v) is 2.47. The van der Waals surface area contributed by atoms with Crippen molar-refractivity contribution < 1.29 is 9.53 Å². The second-order valence-corrected chi connectivity index (χ2v) is 5.08. The first-order valence-electron chi connectivity index (χ1n) is 7.17. The predicted molar refractivity (Wildman–Crippen MR) is 80.0 cm³/mol. The maximum atomic E-state index is 12.4. The standard InChI is InChI=1S/C15H17N5O2/c1-22-14-8-7-11(9-13(14)20-10-16-18-19-20)15(21)17-12-5-3-2-4-6-12/h3,5,7-10,12H,2,4,6H2,1H3,(H,17,21)/t12-/m1/s1. The molecule has 1 amide bonds. The predicted octanol–water partition coefficient (Wildman–Crippen LogP) is 1.51. The van der Waals surface area contributed by atoms with Gasteiger partial charge in [0.15, 0.2) is 0 Å². The lowest BCUT2D eigenvalue weighted by molar-refractivity contribution is 0.0942. The van der Waals surface area contributed by atoms with E-state index in [1.54, 1.807) is 25.3 Å². The Bertz CT molecular complexity index is 681. The molecule has 1 N–H and O–H groups in total. The lowest BCUT2D eigenvalue weighted by Gasteiger charge is -2.18. The first-order chi connectivity index (χ1) is 10.8. The van der Waals surface area contributed by atoms with E-state index in [1.165, 1.54) is 11.0 Å². The summed E-state index contributed by atoms with van der Waals surface area (Å²) in [6, 6.07) is 5.29. The Balaban J connectivity index is 1.84. The second-order valence-electron chi connectivity index (χ2n) is 5.08. The topological polar surface area (TPSA) is 81.9 Å². The number of aromatic nitrogens is 4. The minimum absolute atomic E-state index is 0.0971. The van der Waals surface area contributed by atoms with Crippen LogP contribution in [0.3, 0.4) is 0 Å². The molecular formula is C15H17N5O2. The molecule has 0 bridgehead atoms. The number of rotatable bonds is 4. The number of carbonyl (C=O) groups is 1. The normalized spacial score (nSPS) is 17.2. The summed E-state index contributed by atoms with van der Waals surface area (Å²) in [7, 11) is 1.57. The zero-order valence-electron chi connectivity index (χ0n) is 12.3. The molecule has 0 unspecified atom stereocenters. The number of methoxy groups -OCH3 is 1. The van der Waals surface area contributed by atoms with Gasteiger partial charge in [-0.15, -0.1) is 5.10 Å². The number of nitrogens with one attached hydrogen (secondary N) is 1. The van der Waals surface area contributed by atoms with Crippen molar-refractivity contribution in [3.8, 4) is 11.4 Å². The van der Waals surface area contributed by atoms with E-state index in [2.05, 4.69) is 26.9 Å². The zero-order valence-corrected chi connectivity index (χ0v) is 12.3. The molecule has 3 rings (SSSR count). The van der Waals surface area contributed by atoms with Crippen molar-refractivity contribution in [1.82, 2.24) is 25.5 Å². The second kappa shape index (κ2) is 6.38. The van der Waals surface area contributed by atoms with E-state index in [-0.39, 0.29) is 11.9 Å². The van der Waals surface area contributed by atoms with Gasteiger partial charge in [-0.1, -0.05) is 12.2 Å². The Hall–Kier alpha value is -2.70. The lowest BCUT2D eigenvalue weighted by atomic mass is 10.0. The average Bonchev–Trinajstić information content (AvgIpc) is 3.09. The monoisotopic (exact) mass is 299 g/mol. The third-order valence-electron chi connectivity index (χ3n) is 3.61. The van der Waals surface area contributed by atoms with Crippen molar-refractivity contribution >= 4 is 5.91 Å². The van der Waals surface area contributed by atoms with E-state index in [0.29, 0.717) is 17.0 Å². The van der Waals surface area contributed by atoms with E-state index < -0.39 is 0 Å². The molecule has 0 saturated heterocycles. The first-order valence-corrected chi connectivity index (χ1v) is 7.17. The van der Waals surface area contributed by atoms with E-state index in [0.717, 1.165) is 19.3 Å². The van der Waals surface area contributed by atoms with Gasteiger partial charge < -0.3 is 10.1 Å². The van der Waals surface area contributed by atoms with Crippen LogP contribution in [0.5, 0.6) is 5.75 Å². The van der Waals surface area contributed by atoms with Gasteiger partial charge in [-0.05, 0) is 47.9 Å². The van der Waals surface area contributed by atoms with Crippen LogP contribution < -0.4 is 10.1 Å². The molecule has 0 saturated carbocycles. The van der Waals surface area contributed by atoms with Crippen LogP contribution >= 0.6 is 0 Å². The molecule has 0 fully saturated rings. The highest BCUT2D eigenvalue weighted by molar-refractivity contribution is 5.95. The number of nitrogens with zero attached hydrogens (tertiary/aromatic N) is 4. The molecule has 2 aromatic rings. The molecule has 1 aliphatic rings. The summed E-state index contributed by atoms with van der Waals surface area (Å²) in [4.78, 5) is 12.4. The van der Waals surface area contributed by atoms with Gasteiger partial charge in [-0.25, -0.2) is 0 Å². The molecule has 1 aliphatic carbocycles. The van der Waals surface area contributed by atoms with E-state index >= 15 is 0 Å². The molecule has 114 valence electrons. The Kier molecular flexibility index (Phi) is 4.13. The van der Waals surface area contributed by atoms with Crippen LogP contribution in [0.2, 0.25) is 0 Å². The van der Waals surface area contributed by atoms with Crippen LogP contribution in [0.15, 0.2) is 36.7 Å². The van der Waals surface area contributed by atoms with Crippen molar-refractivity contribution in [2.24, 2.45) is 0 Å². The Labute approximate surface area is 128 Å². The zero-order chi connectivity index (χ0) is 15.4. The van der Waals surface area contributed by atoms with Crippen LogP contribution in [0.4, 0.5) is 0 Å². The van der Waals surface area contributed by atoms with Gasteiger partial charge in [0.25, 0.3) is 5.91 Å². The van der Waals surface area contributed by atoms with Crippen molar-refractivity contribution in [1.29, 1.82) is 0 Å². The summed E-state index contributed by atoms with van der Waals surface area (Å²) in [5.74, 6) is 0.481. The van der Waals surface area contributed by atoms with Crippen molar-refractivity contribution in [2.45, 2.75) is 25.3 Å². The largest absolute Gasteiger partial charge is 0.494 e. The third kappa shape index (κ3) is 2.98. The number of hydrogen-bond donors (Lipinski definition) is 1. The van der Waals surface area contributed by atoms with Gasteiger partial charge in [0.2, 0.25) is 0 Å². The summed E-state index contributed by atoms with van der Waals surface area (Å²) in [5, 5.41) is 14.1. The molecule has 1 atom stereocenters. The number of benzene rings is 1. The smallest absolute Gasteiger partial charge is 0.251 e. The number of tetrazole rings is 1. The molecule has 0 spiro atoms. The molecule has 22 heavy (non-hydrogen) atoms. The third-order valence-corrected chi connectivity index (χ3v) is 3.61. The highest BCUT2D eigenvalue weighted by Crippen LogP contribution is 2.23. The number of hydrogen-bond acceptors (Lipinski definition) is 5. The number of carbonyl (C=O) groups excluding carboxylic acids is 1. The molecule has 7 heteroatoms. The van der Waals surface area contributed by atoms with Crippen molar-refractivity contribution in [3.05, 3.63) is 42.2 Å². The minimum atomic E-state index is -0.117. The maximum Gasteiger partial charge on any atom is 0.251 e. The van der Waals surface area contributed by atoms with Crippen LogP contribution in [0, 0.1) is 0 Å². The highest BCUT2D eigenvalue weighted by atomic mass is 16.5. The van der Waals surface area contributed by atoms with Gasteiger partial charge in [0, 0.05) is 11.6 Å². The lowest BCUT2D eigenvalue weighted by Crippen LogP contribution is -2.34.